The molecule has 1 unspecified atom stereocenters. The average molecular weight is 279 g/mol. The normalized spacial score (nSPS) is 32.6. The van der Waals surface area contributed by atoms with Gasteiger partial charge < -0.3 is 9.64 Å². The second-order valence-corrected chi connectivity index (χ2v) is 8.18. The fourth-order valence-electron chi connectivity index (χ4n) is 2.35. The number of hydrogen-bond donors (Lipinski definition) is 2. The summed E-state index contributed by atoms with van der Waals surface area (Å²) in [6, 6.07) is -0.995. The molecule has 2 N–H and O–H groups in total. The van der Waals surface area contributed by atoms with E-state index in [1.165, 1.54) is 19.1 Å². The number of hydrogen-bond acceptors (Lipinski definition) is 5. The molecule has 1 fully saturated rings. The summed E-state index contributed by atoms with van der Waals surface area (Å²) in [6.07, 6.45) is 0.00968. The smallest absolute Gasteiger partial charge is 0.330 e. The molecular formula is C11H21NO5S. The first-order chi connectivity index (χ1) is 8.07. The first-order valence-corrected chi connectivity index (χ1v) is 7.28. The van der Waals surface area contributed by atoms with Crippen molar-refractivity contribution in [3.63, 3.8) is 0 Å². The van der Waals surface area contributed by atoms with Crippen LogP contribution in [0.25, 0.3) is 0 Å². The predicted octanol–water partition coefficient (Wildman–Crippen LogP) is 1.31. The van der Waals surface area contributed by atoms with E-state index in [9.17, 15) is 18.7 Å². The van der Waals surface area contributed by atoms with Crippen LogP contribution in [0.15, 0.2) is 0 Å². The maximum Gasteiger partial charge on any atom is 0.330 e. The van der Waals surface area contributed by atoms with Crippen LogP contribution in [-0.4, -0.2) is 56.1 Å². The van der Waals surface area contributed by atoms with Gasteiger partial charge in [0.2, 0.25) is 5.91 Å². The second-order valence-electron chi connectivity index (χ2n) is 5.14. The molecule has 0 spiro atoms. The SMILES string of the molecule is COC(=O)C1N(C)C(=O)C[C@H](C)S(O)(O)C1(C)C. The van der Waals surface area contributed by atoms with E-state index < -0.39 is 32.6 Å². The summed E-state index contributed by atoms with van der Waals surface area (Å²) in [7, 11) is -0.405. The highest BCUT2D eigenvalue weighted by atomic mass is 32.3. The highest BCUT2D eigenvalue weighted by Crippen LogP contribution is 2.60. The number of likely N-dealkylation sites (N-methyl/N-ethyl adjacent to an activating group) is 1. The molecule has 18 heavy (non-hydrogen) atoms. The summed E-state index contributed by atoms with van der Waals surface area (Å²) < 4.78 is 24.2. The summed E-state index contributed by atoms with van der Waals surface area (Å²) >= 11 is 0. The topological polar surface area (TPSA) is 87.1 Å². The maximum atomic E-state index is 11.9. The largest absolute Gasteiger partial charge is 0.467 e. The van der Waals surface area contributed by atoms with Crippen LogP contribution < -0.4 is 0 Å². The number of ether oxygens (including phenoxy) is 1. The Balaban J connectivity index is 3.35. The van der Waals surface area contributed by atoms with Gasteiger partial charge in [-0.15, -0.1) is 0 Å². The highest BCUT2D eigenvalue weighted by molar-refractivity contribution is 8.26. The molecule has 1 aliphatic rings. The Morgan fingerprint density at radius 3 is 2.44 bits per heavy atom. The van der Waals surface area contributed by atoms with Gasteiger partial charge in [0.15, 0.2) is 6.04 Å². The van der Waals surface area contributed by atoms with Crippen LogP contribution in [0.3, 0.4) is 0 Å². The molecule has 0 saturated carbocycles. The van der Waals surface area contributed by atoms with Crippen LogP contribution in [0.5, 0.6) is 0 Å². The molecule has 0 aromatic carbocycles. The Bertz CT molecular complexity index is 368. The van der Waals surface area contributed by atoms with Crippen LogP contribution in [0.2, 0.25) is 0 Å². The van der Waals surface area contributed by atoms with Crippen LogP contribution in [0, 0.1) is 0 Å². The maximum absolute atomic E-state index is 11.9. The molecule has 1 rings (SSSR count). The minimum atomic E-state index is -3.11. The number of methoxy groups -OCH3 is 1. The van der Waals surface area contributed by atoms with E-state index in [-0.39, 0.29) is 12.3 Å². The van der Waals surface area contributed by atoms with Crippen molar-refractivity contribution in [2.45, 2.75) is 43.2 Å². The van der Waals surface area contributed by atoms with Crippen molar-refractivity contribution >= 4 is 22.5 Å². The molecular weight excluding hydrogens is 258 g/mol. The van der Waals surface area contributed by atoms with Crippen LogP contribution in [-0.2, 0) is 14.3 Å². The zero-order valence-electron chi connectivity index (χ0n) is 11.3. The van der Waals surface area contributed by atoms with E-state index >= 15 is 0 Å². The van der Waals surface area contributed by atoms with E-state index in [1.807, 2.05) is 0 Å². The summed E-state index contributed by atoms with van der Waals surface area (Å²) in [6.45, 7) is 4.77. The average Bonchev–Trinajstić information content (AvgIpc) is 2.30. The first kappa shape index (κ1) is 15.3. The Labute approximate surface area is 109 Å². The van der Waals surface area contributed by atoms with Crippen molar-refractivity contribution in [2.75, 3.05) is 14.2 Å². The van der Waals surface area contributed by atoms with Gasteiger partial charge in [-0.25, -0.2) is 4.79 Å². The second kappa shape index (κ2) is 4.71. The molecule has 0 aliphatic carbocycles. The number of nitrogens with zero attached hydrogens (tertiary/aromatic N) is 1. The van der Waals surface area contributed by atoms with Crippen molar-refractivity contribution in [1.82, 2.24) is 4.90 Å². The summed E-state index contributed by atoms with van der Waals surface area (Å²) in [5, 5.41) is -0.586. The molecule has 1 saturated heterocycles. The molecule has 0 aromatic rings. The summed E-state index contributed by atoms with van der Waals surface area (Å²) in [4.78, 5) is 25.1. The first-order valence-electron chi connectivity index (χ1n) is 5.67. The van der Waals surface area contributed by atoms with Gasteiger partial charge in [0, 0.05) is 13.5 Å². The minimum absolute atomic E-state index is 0.00968. The van der Waals surface area contributed by atoms with Gasteiger partial charge in [0.25, 0.3) is 0 Å². The van der Waals surface area contributed by atoms with Crippen LogP contribution in [0.4, 0.5) is 0 Å². The Morgan fingerprint density at radius 2 is 2.00 bits per heavy atom. The van der Waals surface area contributed by atoms with Gasteiger partial charge in [-0.05, 0) is 20.8 Å². The number of rotatable bonds is 1. The van der Waals surface area contributed by atoms with Crippen molar-refractivity contribution in [3.8, 4) is 0 Å². The number of esters is 1. The Hall–Kier alpha value is -0.790. The quantitative estimate of drug-likeness (QED) is 0.707. The molecule has 6 nitrogen and oxygen atoms in total. The lowest BCUT2D eigenvalue weighted by Gasteiger charge is -2.51. The fraction of sp³-hybridized carbons (Fsp3) is 0.818. The van der Waals surface area contributed by atoms with Gasteiger partial charge in [0.05, 0.1) is 17.1 Å². The lowest BCUT2D eigenvalue weighted by molar-refractivity contribution is -0.152. The lowest BCUT2D eigenvalue weighted by Crippen LogP contribution is -2.55. The third kappa shape index (κ3) is 2.10. The standard InChI is InChI=1S/C11H21NO5S/c1-7-6-8(13)12(4)9(10(14)17-5)11(2,3)18(7,15)16/h7,9,15-16H,6H2,1-5H3/t7-,9?/m0/s1. The molecule has 0 aromatic heterocycles. The molecule has 7 heteroatoms. The van der Waals surface area contributed by atoms with Gasteiger partial charge in [-0.1, -0.05) is 0 Å². The summed E-state index contributed by atoms with van der Waals surface area (Å²) in [5.74, 6) is -0.923. The van der Waals surface area contributed by atoms with E-state index in [4.69, 9.17) is 0 Å². The molecule has 2 atom stereocenters. The number of carbonyl (C=O) groups is 2. The molecule has 1 amide bonds. The molecule has 1 aliphatic heterocycles. The molecule has 0 radical (unpaired) electrons. The van der Waals surface area contributed by atoms with E-state index in [2.05, 4.69) is 4.74 Å². The van der Waals surface area contributed by atoms with Crippen molar-refractivity contribution in [1.29, 1.82) is 0 Å². The van der Waals surface area contributed by atoms with Crippen LogP contribution >= 0.6 is 10.6 Å². The van der Waals surface area contributed by atoms with E-state index in [1.54, 1.807) is 20.8 Å². The molecule has 106 valence electrons. The Morgan fingerprint density at radius 1 is 1.50 bits per heavy atom. The zero-order chi connectivity index (χ0) is 14.3. The predicted molar refractivity (Wildman–Crippen MR) is 69.6 cm³/mol. The lowest BCUT2D eigenvalue weighted by atomic mass is 10.0. The van der Waals surface area contributed by atoms with Gasteiger partial charge in [-0.2, -0.15) is 10.6 Å². The van der Waals surface area contributed by atoms with Crippen LogP contribution in [0.1, 0.15) is 27.2 Å². The van der Waals surface area contributed by atoms with E-state index in [0.717, 1.165) is 0 Å². The van der Waals surface area contributed by atoms with Crippen molar-refractivity contribution < 1.29 is 23.4 Å². The Kier molecular flexibility index (Phi) is 4.00. The molecule has 0 bridgehead atoms. The van der Waals surface area contributed by atoms with Gasteiger partial charge in [0.1, 0.15) is 0 Å². The highest BCUT2D eigenvalue weighted by Gasteiger charge is 2.54. The van der Waals surface area contributed by atoms with Gasteiger partial charge in [-0.3, -0.25) is 13.9 Å². The van der Waals surface area contributed by atoms with E-state index in [0.29, 0.717) is 0 Å². The van der Waals surface area contributed by atoms with Crippen molar-refractivity contribution in [3.05, 3.63) is 0 Å². The third-order valence-electron chi connectivity index (χ3n) is 3.66. The van der Waals surface area contributed by atoms with Gasteiger partial charge >= 0.3 is 5.97 Å². The fourth-order valence-corrected chi connectivity index (χ4v) is 4.35. The monoisotopic (exact) mass is 279 g/mol. The van der Waals surface area contributed by atoms with Crippen molar-refractivity contribution in [2.24, 2.45) is 0 Å². The third-order valence-corrected chi connectivity index (χ3v) is 6.72. The summed E-state index contributed by atoms with van der Waals surface area (Å²) in [5.41, 5.74) is 0. The minimum Gasteiger partial charge on any atom is -0.467 e. The number of amides is 1. The zero-order valence-corrected chi connectivity index (χ0v) is 12.2. The molecule has 1 heterocycles. The number of carbonyl (C=O) groups excluding carboxylic acids is 2.